The Morgan fingerprint density at radius 2 is 1.81 bits per heavy atom. The Kier molecular flexibility index (Phi) is 5.52. The van der Waals surface area contributed by atoms with Gasteiger partial charge in [0.2, 0.25) is 5.91 Å². The molecule has 7 heteroatoms. The molecule has 1 heterocycles. The number of amides is 2. The van der Waals surface area contributed by atoms with E-state index in [2.05, 4.69) is 15.6 Å². The monoisotopic (exact) mass is 295 g/mol. The van der Waals surface area contributed by atoms with E-state index < -0.39 is 11.9 Å². The van der Waals surface area contributed by atoms with Crippen molar-refractivity contribution in [2.24, 2.45) is 5.92 Å². The van der Waals surface area contributed by atoms with Crippen LogP contribution in [0.1, 0.15) is 46.0 Å². The van der Waals surface area contributed by atoms with Crippen molar-refractivity contribution in [1.82, 2.24) is 15.6 Å². The zero-order chi connectivity index (χ0) is 16.2. The molecule has 0 unspecified atom stereocenters. The number of rotatable bonds is 6. The van der Waals surface area contributed by atoms with E-state index in [0.29, 0.717) is 23.7 Å². The second kappa shape index (κ2) is 6.92. The molecule has 0 fully saturated rings. The van der Waals surface area contributed by atoms with Crippen LogP contribution in [0.3, 0.4) is 0 Å². The topological polar surface area (TPSA) is 111 Å². The minimum atomic E-state index is -1.12. The van der Waals surface area contributed by atoms with Crippen molar-refractivity contribution < 1.29 is 19.5 Å². The number of aromatic carboxylic acids is 1. The number of aromatic nitrogens is 1. The van der Waals surface area contributed by atoms with Crippen LogP contribution in [0.15, 0.2) is 0 Å². The molecule has 1 aromatic rings. The van der Waals surface area contributed by atoms with Gasteiger partial charge < -0.3 is 20.7 Å². The lowest BCUT2D eigenvalue weighted by atomic mass is 10.1. The number of nitrogens with one attached hydrogen (secondary N) is 3. The molecule has 0 saturated heterocycles. The van der Waals surface area contributed by atoms with E-state index in [1.807, 2.05) is 13.8 Å². The quantitative estimate of drug-likeness (QED) is 0.623. The molecule has 21 heavy (non-hydrogen) atoms. The predicted molar refractivity (Wildman–Crippen MR) is 77.4 cm³/mol. The maximum atomic E-state index is 12.1. The first-order valence-corrected chi connectivity index (χ1v) is 6.71. The number of carbonyl (C=O) groups is 3. The highest BCUT2D eigenvalue weighted by Gasteiger charge is 2.21. The van der Waals surface area contributed by atoms with Crippen molar-refractivity contribution in [3.05, 3.63) is 22.5 Å². The minimum Gasteiger partial charge on any atom is -0.477 e. The molecule has 7 nitrogen and oxygen atoms in total. The van der Waals surface area contributed by atoms with Gasteiger partial charge in [-0.25, -0.2) is 4.79 Å². The lowest BCUT2D eigenvalue weighted by Gasteiger charge is -2.09. The number of hydrogen-bond acceptors (Lipinski definition) is 3. The number of hydrogen-bond donors (Lipinski definition) is 4. The van der Waals surface area contributed by atoms with Gasteiger partial charge in [-0.15, -0.1) is 0 Å². The molecule has 0 spiro atoms. The van der Waals surface area contributed by atoms with Gasteiger partial charge in [-0.1, -0.05) is 13.8 Å². The molecule has 0 saturated carbocycles. The summed E-state index contributed by atoms with van der Waals surface area (Å²) < 4.78 is 0. The fourth-order valence-corrected chi connectivity index (χ4v) is 1.93. The van der Waals surface area contributed by atoms with Crippen molar-refractivity contribution in [3.8, 4) is 0 Å². The van der Waals surface area contributed by atoms with E-state index in [1.54, 1.807) is 13.8 Å². The first-order chi connectivity index (χ1) is 9.73. The maximum Gasteiger partial charge on any atom is 0.352 e. The molecule has 1 rings (SSSR count). The number of carboxylic acid groups (broad SMARTS) is 1. The number of aryl methyl sites for hydroxylation is 1. The number of carboxylic acids is 1. The first kappa shape index (κ1) is 16.7. The van der Waals surface area contributed by atoms with E-state index >= 15 is 0 Å². The van der Waals surface area contributed by atoms with Gasteiger partial charge in [0.15, 0.2) is 0 Å². The van der Waals surface area contributed by atoms with Crippen LogP contribution in [0.5, 0.6) is 0 Å². The summed E-state index contributed by atoms with van der Waals surface area (Å²) in [4.78, 5) is 37.3. The van der Waals surface area contributed by atoms with Crippen molar-refractivity contribution in [1.29, 1.82) is 0 Å². The lowest BCUT2D eigenvalue weighted by molar-refractivity contribution is -0.120. The van der Waals surface area contributed by atoms with Crippen LogP contribution >= 0.6 is 0 Å². The van der Waals surface area contributed by atoms with E-state index in [-0.39, 0.29) is 23.7 Å². The minimum absolute atomic E-state index is 0.0121. The molecule has 0 atom stereocenters. The third kappa shape index (κ3) is 4.34. The van der Waals surface area contributed by atoms with Crippen LogP contribution in [-0.2, 0) is 4.79 Å². The normalized spacial score (nSPS) is 10.5. The number of H-pyrrole nitrogens is 1. The van der Waals surface area contributed by atoms with Crippen LogP contribution in [0, 0.1) is 19.8 Å². The third-order valence-electron chi connectivity index (χ3n) is 3.00. The molecular weight excluding hydrogens is 274 g/mol. The van der Waals surface area contributed by atoms with Crippen LogP contribution in [-0.4, -0.2) is 41.0 Å². The van der Waals surface area contributed by atoms with Gasteiger partial charge in [0.1, 0.15) is 5.69 Å². The summed E-state index contributed by atoms with van der Waals surface area (Å²) in [5.41, 5.74) is 1.08. The maximum absolute atomic E-state index is 12.1. The Balaban J connectivity index is 2.69. The summed E-state index contributed by atoms with van der Waals surface area (Å²) in [5.74, 6) is -1.53. The van der Waals surface area contributed by atoms with E-state index in [4.69, 9.17) is 5.11 Å². The Labute approximate surface area is 123 Å². The molecule has 0 aliphatic carbocycles. The summed E-state index contributed by atoms with van der Waals surface area (Å²) in [6, 6.07) is 0. The summed E-state index contributed by atoms with van der Waals surface area (Å²) in [7, 11) is 0. The van der Waals surface area contributed by atoms with Gasteiger partial charge in [-0.3, -0.25) is 9.59 Å². The van der Waals surface area contributed by atoms with Crippen LogP contribution in [0.4, 0.5) is 0 Å². The first-order valence-electron chi connectivity index (χ1n) is 6.71. The van der Waals surface area contributed by atoms with Crippen LogP contribution < -0.4 is 10.6 Å². The van der Waals surface area contributed by atoms with E-state index in [0.717, 1.165) is 0 Å². The smallest absolute Gasteiger partial charge is 0.352 e. The van der Waals surface area contributed by atoms with E-state index in [9.17, 15) is 14.4 Å². The Hall–Kier alpha value is -2.31. The second-order valence-corrected chi connectivity index (χ2v) is 5.31. The van der Waals surface area contributed by atoms with E-state index in [1.165, 1.54) is 0 Å². The molecule has 0 radical (unpaired) electrons. The largest absolute Gasteiger partial charge is 0.477 e. The van der Waals surface area contributed by atoms with Crippen LogP contribution in [0.25, 0.3) is 0 Å². The molecule has 1 aromatic heterocycles. The Bertz CT molecular complexity index is 561. The fraction of sp³-hybridized carbons (Fsp3) is 0.500. The Morgan fingerprint density at radius 3 is 2.29 bits per heavy atom. The molecule has 4 N–H and O–H groups in total. The van der Waals surface area contributed by atoms with Gasteiger partial charge in [-0.05, 0) is 25.3 Å². The third-order valence-corrected chi connectivity index (χ3v) is 3.00. The van der Waals surface area contributed by atoms with Crippen molar-refractivity contribution in [3.63, 3.8) is 0 Å². The average Bonchev–Trinajstić information content (AvgIpc) is 2.69. The SMILES string of the molecule is Cc1[nH]c(C(=O)O)c(C)c1C(=O)NCC(=O)NCC(C)C. The molecule has 0 aromatic carbocycles. The molecule has 0 bridgehead atoms. The van der Waals surface area contributed by atoms with Gasteiger partial charge in [0.05, 0.1) is 12.1 Å². The fourth-order valence-electron chi connectivity index (χ4n) is 1.93. The van der Waals surface area contributed by atoms with Gasteiger partial charge >= 0.3 is 5.97 Å². The highest BCUT2D eigenvalue weighted by molar-refractivity contribution is 6.01. The molecular formula is C14H21N3O4. The standard InChI is InChI=1S/C14H21N3O4/c1-7(2)5-15-10(18)6-16-13(19)11-8(3)12(14(20)21)17-9(11)4/h7,17H,5-6H2,1-4H3,(H,15,18)(H,16,19)(H,20,21). The van der Waals surface area contributed by atoms with Crippen LogP contribution in [0.2, 0.25) is 0 Å². The number of carbonyl (C=O) groups excluding carboxylic acids is 2. The average molecular weight is 295 g/mol. The highest BCUT2D eigenvalue weighted by atomic mass is 16.4. The predicted octanol–water partition coefficient (Wildman–Crippen LogP) is 0.832. The Morgan fingerprint density at radius 1 is 1.19 bits per heavy atom. The molecule has 0 aliphatic heterocycles. The van der Waals surface area contributed by atoms with Gasteiger partial charge in [-0.2, -0.15) is 0 Å². The zero-order valence-electron chi connectivity index (χ0n) is 12.7. The van der Waals surface area contributed by atoms with Crippen molar-refractivity contribution in [2.75, 3.05) is 13.1 Å². The van der Waals surface area contributed by atoms with Crippen molar-refractivity contribution >= 4 is 17.8 Å². The molecule has 116 valence electrons. The summed E-state index contributed by atoms with van der Waals surface area (Å²) in [5, 5.41) is 14.2. The summed E-state index contributed by atoms with van der Waals surface area (Å²) >= 11 is 0. The van der Waals surface area contributed by atoms with Crippen molar-refractivity contribution in [2.45, 2.75) is 27.7 Å². The number of aromatic amines is 1. The lowest BCUT2D eigenvalue weighted by Crippen LogP contribution is -2.38. The second-order valence-electron chi connectivity index (χ2n) is 5.31. The zero-order valence-corrected chi connectivity index (χ0v) is 12.7. The molecule has 2 amide bonds. The van der Waals surface area contributed by atoms with Gasteiger partial charge in [0.25, 0.3) is 5.91 Å². The highest BCUT2D eigenvalue weighted by Crippen LogP contribution is 2.17. The summed E-state index contributed by atoms with van der Waals surface area (Å²) in [6.45, 7) is 7.52. The summed E-state index contributed by atoms with van der Waals surface area (Å²) in [6.07, 6.45) is 0. The molecule has 0 aliphatic rings. The van der Waals surface area contributed by atoms with Gasteiger partial charge in [0, 0.05) is 12.2 Å².